The van der Waals surface area contributed by atoms with Crippen molar-refractivity contribution in [2.45, 2.75) is 13.0 Å². The number of aliphatic hydroxyl groups is 1. The van der Waals surface area contributed by atoms with Crippen molar-refractivity contribution in [2.24, 2.45) is 0 Å². The lowest BCUT2D eigenvalue weighted by Crippen LogP contribution is -2.02. The van der Waals surface area contributed by atoms with Crippen LogP contribution in [0.1, 0.15) is 11.1 Å². The van der Waals surface area contributed by atoms with Crippen LogP contribution in [0, 0.1) is 0 Å². The number of hydrogen-bond donors (Lipinski definition) is 2. The highest BCUT2D eigenvalue weighted by Crippen LogP contribution is 2.27. The van der Waals surface area contributed by atoms with Gasteiger partial charge in [-0.2, -0.15) is 0 Å². The first-order valence-electron chi connectivity index (χ1n) is 6.49. The van der Waals surface area contributed by atoms with E-state index in [1.807, 2.05) is 42.5 Å². The molecule has 2 N–H and O–H groups in total. The molecule has 0 aliphatic carbocycles. The predicted molar refractivity (Wildman–Crippen MR) is 82.6 cm³/mol. The van der Waals surface area contributed by atoms with E-state index in [1.54, 1.807) is 7.11 Å². The maximum Gasteiger partial charge on any atom is 0.125 e. The van der Waals surface area contributed by atoms with Gasteiger partial charge in [0.15, 0.2) is 0 Å². The zero-order chi connectivity index (χ0) is 14.4. The predicted octanol–water partition coefficient (Wildman–Crippen LogP) is 3.50. The van der Waals surface area contributed by atoms with Crippen molar-refractivity contribution in [1.29, 1.82) is 0 Å². The molecule has 20 heavy (non-hydrogen) atoms. The van der Waals surface area contributed by atoms with Crippen LogP contribution in [0.25, 0.3) is 0 Å². The largest absolute Gasteiger partial charge is 0.496 e. The van der Waals surface area contributed by atoms with Crippen molar-refractivity contribution in [3.63, 3.8) is 0 Å². The normalized spacial score (nSPS) is 10.3. The van der Waals surface area contributed by atoms with Crippen LogP contribution in [0.5, 0.6) is 5.75 Å². The Balaban J connectivity index is 2.05. The SMILES string of the molecule is COc1cccc(Cl)c1CNc1ccc(CCO)cc1. The van der Waals surface area contributed by atoms with Crippen LogP contribution in [0.4, 0.5) is 5.69 Å². The van der Waals surface area contributed by atoms with Crippen molar-refractivity contribution in [1.82, 2.24) is 0 Å². The maximum atomic E-state index is 8.89. The fraction of sp³-hybridized carbons (Fsp3) is 0.250. The standard InChI is InChI=1S/C16H18ClNO2/c1-20-16-4-2-3-15(17)14(16)11-18-13-7-5-12(6-8-13)9-10-19/h2-8,18-19H,9-11H2,1H3. The van der Waals surface area contributed by atoms with Crippen LogP contribution < -0.4 is 10.1 Å². The molecule has 0 saturated carbocycles. The van der Waals surface area contributed by atoms with E-state index in [0.717, 1.165) is 22.6 Å². The molecule has 0 amide bonds. The quantitative estimate of drug-likeness (QED) is 0.856. The number of rotatable bonds is 6. The zero-order valence-corrected chi connectivity index (χ0v) is 12.2. The third kappa shape index (κ3) is 3.65. The minimum absolute atomic E-state index is 0.170. The van der Waals surface area contributed by atoms with Crippen LogP contribution in [0.15, 0.2) is 42.5 Å². The van der Waals surface area contributed by atoms with E-state index in [9.17, 15) is 0 Å². The Hall–Kier alpha value is -1.71. The molecule has 0 saturated heterocycles. The van der Waals surface area contributed by atoms with Crippen molar-refractivity contribution in [3.8, 4) is 5.75 Å². The lowest BCUT2D eigenvalue weighted by molar-refractivity contribution is 0.299. The lowest BCUT2D eigenvalue weighted by atomic mass is 10.1. The molecule has 0 atom stereocenters. The number of hydrogen-bond acceptors (Lipinski definition) is 3. The summed E-state index contributed by atoms with van der Waals surface area (Å²) in [5.74, 6) is 0.780. The minimum Gasteiger partial charge on any atom is -0.496 e. The van der Waals surface area contributed by atoms with E-state index in [4.69, 9.17) is 21.4 Å². The molecule has 0 aromatic heterocycles. The summed E-state index contributed by atoms with van der Waals surface area (Å²) in [6.45, 7) is 0.770. The second kappa shape index (κ2) is 7.17. The van der Waals surface area contributed by atoms with Gasteiger partial charge < -0.3 is 15.2 Å². The average Bonchev–Trinajstić information content (AvgIpc) is 2.47. The molecule has 0 spiro atoms. The highest BCUT2D eigenvalue weighted by atomic mass is 35.5. The minimum atomic E-state index is 0.170. The fourth-order valence-corrected chi connectivity index (χ4v) is 2.24. The first-order chi connectivity index (χ1) is 9.74. The number of benzene rings is 2. The first kappa shape index (κ1) is 14.7. The zero-order valence-electron chi connectivity index (χ0n) is 11.4. The maximum absolute atomic E-state index is 8.89. The van der Waals surface area contributed by atoms with Gasteiger partial charge in [0, 0.05) is 29.4 Å². The van der Waals surface area contributed by atoms with Crippen molar-refractivity contribution in [2.75, 3.05) is 19.0 Å². The molecule has 2 aromatic carbocycles. The number of aliphatic hydroxyl groups excluding tert-OH is 1. The molecular formula is C16H18ClNO2. The summed E-state index contributed by atoms with van der Waals surface area (Å²) in [6, 6.07) is 13.6. The molecule has 2 rings (SSSR count). The number of anilines is 1. The van der Waals surface area contributed by atoms with E-state index in [0.29, 0.717) is 18.0 Å². The molecule has 3 nitrogen and oxygen atoms in total. The Morgan fingerprint density at radius 3 is 2.55 bits per heavy atom. The molecule has 2 aromatic rings. The van der Waals surface area contributed by atoms with E-state index in [-0.39, 0.29) is 6.61 Å². The van der Waals surface area contributed by atoms with Gasteiger partial charge in [0.05, 0.1) is 7.11 Å². The lowest BCUT2D eigenvalue weighted by Gasteiger charge is -2.12. The van der Waals surface area contributed by atoms with Gasteiger partial charge in [-0.05, 0) is 36.2 Å². The third-order valence-corrected chi connectivity index (χ3v) is 3.47. The van der Waals surface area contributed by atoms with Gasteiger partial charge in [0.2, 0.25) is 0 Å². The average molecular weight is 292 g/mol. The second-order valence-electron chi connectivity index (χ2n) is 4.44. The highest BCUT2D eigenvalue weighted by molar-refractivity contribution is 6.31. The Labute approximate surface area is 124 Å². The van der Waals surface area contributed by atoms with E-state index in [2.05, 4.69) is 5.32 Å². The van der Waals surface area contributed by atoms with E-state index >= 15 is 0 Å². The number of ether oxygens (including phenoxy) is 1. The number of nitrogens with one attached hydrogen (secondary N) is 1. The Kier molecular flexibility index (Phi) is 5.27. The van der Waals surface area contributed by atoms with Crippen LogP contribution in [0.2, 0.25) is 5.02 Å². The molecule has 0 heterocycles. The van der Waals surface area contributed by atoms with Crippen LogP contribution >= 0.6 is 11.6 Å². The summed E-state index contributed by atoms with van der Waals surface area (Å²) < 4.78 is 5.31. The second-order valence-corrected chi connectivity index (χ2v) is 4.85. The number of methoxy groups -OCH3 is 1. The van der Waals surface area contributed by atoms with Crippen molar-refractivity contribution < 1.29 is 9.84 Å². The summed E-state index contributed by atoms with van der Waals surface area (Å²) in [5, 5.41) is 12.9. The van der Waals surface area contributed by atoms with E-state index in [1.165, 1.54) is 0 Å². The molecule has 0 bridgehead atoms. The molecule has 106 valence electrons. The summed E-state index contributed by atoms with van der Waals surface area (Å²) in [5.41, 5.74) is 3.07. The first-order valence-corrected chi connectivity index (χ1v) is 6.87. The molecule has 0 aliphatic heterocycles. The fourth-order valence-electron chi connectivity index (χ4n) is 2.01. The topological polar surface area (TPSA) is 41.5 Å². The van der Waals surface area contributed by atoms with Gasteiger partial charge in [-0.15, -0.1) is 0 Å². The molecule has 0 aliphatic rings. The summed E-state index contributed by atoms with van der Waals surface area (Å²) in [4.78, 5) is 0. The van der Waals surface area contributed by atoms with Gasteiger partial charge in [0.1, 0.15) is 5.75 Å². The van der Waals surface area contributed by atoms with Gasteiger partial charge in [-0.1, -0.05) is 29.8 Å². The Morgan fingerprint density at radius 2 is 1.90 bits per heavy atom. The number of halogens is 1. The highest BCUT2D eigenvalue weighted by Gasteiger charge is 2.07. The molecule has 4 heteroatoms. The molecule has 0 fully saturated rings. The third-order valence-electron chi connectivity index (χ3n) is 3.12. The van der Waals surface area contributed by atoms with Crippen molar-refractivity contribution in [3.05, 3.63) is 58.6 Å². The Morgan fingerprint density at radius 1 is 1.15 bits per heavy atom. The molecular weight excluding hydrogens is 274 g/mol. The smallest absolute Gasteiger partial charge is 0.125 e. The van der Waals surface area contributed by atoms with Gasteiger partial charge in [0.25, 0.3) is 0 Å². The van der Waals surface area contributed by atoms with Crippen LogP contribution in [0.3, 0.4) is 0 Å². The molecule has 0 unspecified atom stereocenters. The van der Waals surface area contributed by atoms with Gasteiger partial charge in [-0.3, -0.25) is 0 Å². The van der Waals surface area contributed by atoms with E-state index < -0.39 is 0 Å². The summed E-state index contributed by atoms with van der Waals surface area (Å²) in [7, 11) is 1.64. The van der Waals surface area contributed by atoms with Gasteiger partial charge in [-0.25, -0.2) is 0 Å². The van der Waals surface area contributed by atoms with Crippen molar-refractivity contribution >= 4 is 17.3 Å². The summed E-state index contributed by atoms with van der Waals surface area (Å²) in [6.07, 6.45) is 0.679. The monoisotopic (exact) mass is 291 g/mol. The summed E-state index contributed by atoms with van der Waals surface area (Å²) >= 11 is 6.19. The van der Waals surface area contributed by atoms with Gasteiger partial charge >= 0.3 is 0 Å². The van der Waals surface area contributed by atoms with Crippen LogP contribution in [-0.4, -0.2) is 18.8 Å². The van der Waals surface area contributed by atoms with Crippen LogP contribution in [-0.2, 0) is 13.0 Å². The Bertz CT molecular complexity index is 555. The molecule has 0 radical (unpaired) electrons.